The summed E-state index contributed by atoms with van der Waals surface area (Å²) in [6.45, 7) is 4.05. The first-order chi connectivity index (χ1) is 19.6. The van der Waals surface area contributed by atoms with Crippen LogP contribution in [0.15, 0.2) is 41.1 Å². The van der Waals surface area contributed by atoms with Gasteiger partial charge in [0.15, 0.2) is 0 Å². The van der Waals surface area contributed by atoms with Crippen LogP contribution in [0, 0.1) is 13.8 Å². The number of aryl methyl sites for hydroxylation is 2. The molecule has 6 rings (SSSR count). The van der Waals surface area contributed by atoms with Gasteiger partial charge in [-0.3, -0.25) is 4.90 Å². The molecule has 1 unspecified atom stereocenters. The average molecular weight is 539 g/mol. The standard InChI is InChI=1S/C28H30ClN5O4/c1-16-26(17(2)38-32-16)18-4-10-23-22(14-18)31-27(33(23)19-5-8-21(36-3)9-6-19)24-12-13-37-28(35)34(24)20-7-11-25(29)30-15-20/h4,7,10-11,14-15,19,21,24H,5-6,8-9,12-13H2,1-3H3/t19-,21-,24?/i3D3. The second-order valence-corrected chi connectivity index (χ2v) is 10.3. The van der Waals surface area contributed by atoms with Crippen LogP contribution in [0.25, 0.3) is 22.2 Å². The Morgan fingerprint density at radius 3 is 2.68 bits per heavy atom. The van der Waals surface area contributed by atoms with E-state index in [1.807, 2.05) is 32.0 Å². The van der Waals surface area contributed by atoms with Gasteiger partial charge in [0, 0.05) is 25.1 Å². The number of benzene rings is 1. The van der Waals surface area contributed by atoms with Gasteiger partial charge in [-0.1, -0.05) is 22.8 Å². The lowest BCUT2D eigenvalue weighted by Gasteiger charge is -2.36. The van der Waals surface area contributed by atoms with Crippen LogP contribution in [0.2, 0.25) is 5.15 Å². The molecule has 10 heteroatoms. The fourth-order valence-corrected chi connectivity index (χ4v) is 5.94. The van der Waals surface area contributed by atoms with Crippen molar-refractivity contribution < 1.29 is 22.9 Å². The lowest BCUT2D eigenvalue weighted by molar-refractivity contribution is 0.0582. The first-order valence-corrected chi connectivity index (χ1v) is 13.2. The zero-order valence-corrected chi connectivity index (χ0v) is 21.9. The molecule has 1 saturated heterocycles. The van der Waals surface area contributed by atoms with E-state index in [0.29, 0.717) is 42.9 Å². The van der Waals surface area contributed by atoms with Crippen molar-refractivity contribution in [3.05, 3.63) is 59.0 Å². The number of methoxy groups -OCH3 is 1. The SMILES string of the molecule is [2H]C([2H])([2H])O[C@H]1CC[C@H](n2c(C3CCOC(=O)N3c3ccc(Cl)nc3)nc3cc(-c4c(C)noc4C)ccc32)CC1. The van der Waals surface area contributed by atoms with Gasteiger partial charge >= 0.3 is 6.09 Å². The highest BCUT2D eigenvalue weighted by atomic mass is 35.5. The van der Waals surface area contributed by atoms with Gasteiger partial charge in [-0.15, -0.1) is 0 Å². The van der Waals surface area contributed by atoms with E-state index in [2.05, 4.69) is 14.7 Å². The molecule has 9 nitrogen and oxygen atoms in total. The van der Waals surface area contributed by atoms with Gasteiger partial charge in [-0.05, 0) is 69.4 Å². The second-order valence-electron chi connectivity index (χ2n) is 9.92. The normalized spacial score (nSPS) is 23.7. The number of carbonyl (C=O) groups excluding carboxylic acids is 1. The molecule has 0 N–H and O–H groups in total. The van der Waals surface area contributed by atoms with E-state index in [0.717, 1.165) is 39.4 Å². The minimum Gasteiger partial charge on any atom is -0.449 e. The monoisotopic (exact) mass is 538 g/mol. The third kappa shape index (κ3) is 4.33. The van der Waals surface area contributed by atoms with Crippen LogP contribution in [0.5, 0.6) is 0 Å². The molecule has 4 aromatic rings. The molecule has 198 valence electrons. The molecule has 3 aromatic heterocycles. The average Bonchev–Trinajstić information content (AvgIpc) is 3.47. The number of cyclic esters (lactones) is 1. The topological polar surface area (TPSA) is 95.5 Å². The van der Waals surface area contributed by atoms with Crippen LogP contribution in [-0.4, -0.2) is 45.5 Å². The van der Waals surface area contributed by atoms with Crippen molar-refractivity contribution in [2.45, 2.75) is 64.1 Å². The fraction of sp³-hybridized carbons (Fsp3) is 0.429. The molecular weight excluding hydrogens is 506 g/mol. The smallest absolute Gasteiger partial charge is 0.415 e. The predicted molar refractivity (Wildman–Crippen MR) is 143 cm³/mol. The van der Waals surface area contributed by atoms with Crippen molar-refractivity contribution in [3.8, 4) is 11.1 Å². The van der Waals surface area contributed by atoms with E-state index in [1.54, 1.807) is 23.2 Å². The van der Waals surface area contributed by atoms with E-state index < -0.39 is 19.2 Å². The Bertz CT molecular complexity index is 1560. The first kappa shape index (κ1) is 21.5. The lowest BCUT2D eigenvalue weighted by atomic mass is 9.92. The molecular formula is C28H30ClN5O4. The van der Waals surface area contributed by atoms with Crippen LogP contribution in [-0.2, 0) is 9.47 Å². The Labute approximate surface area is 229 Å². The van der Waals surface area contributed by atoms with Crippen molar-refractivity contribution >= 4 is 34.4 Å². The lowest BCUT2D eigenvalue weighted by Crippen LogP contribution is -2.42. The molecule has 1 atom stereocenters. The van der Waals surface area contributed by atoms with Crippen molar-refractivity contribution in [2.75, 3.05) is 18.5 Å². The maximum Gasteiger partial charge on any atom is 0.415 e. The Hall–Kier alpha value is -3.43. The molecule has 0 bridgehead atoms. The highest BCUT2D eigenvalue weighted by Crippen LogP contribution is 2.41. The number of fused-ring (bicyclic) bond motifs is 1. The molecule has 38 heavy (non-hydrogen) atoms. The zero-order valence-electron chi connectivity index (χ0n) is 24.2. The number of hydrogen-bond donors (Lipinski definition) is 0. The number of rotatable bonds is 5. The Kier molecular flexibility index (Phi) is 5.68. The van der Waals surface area contributed by atoms with Crippen LogP contribution < -0.4 is 4.90 Å². The summed E-state index contributed by atoms with van der Waals surface area (Å²) in [5, 5.41) is 4.43. The molecule has 1 saturated carbocycles. The fourth-order valence-electron chi connectivity index (χ4n) is 5.83. The number of pyridine rings is 1. The van der Waals surface area contributed by atoms with E-state index >= 15 is 0 Å². The molecule has 1 aromatic carbocycles. The number of nitrogens with zero attached hydrogens (tertiary/aromatic N) is 5. The molecule has 4 heterocycles. The summed E-state index contributed by atoms with van der Waals surface area (Å²) in [5.41, 5.74) is 4.96. The minimum atomic E-state index is -2.42. The summed E-state index contributed by atoms with van der Waals surface area (Å²) in [4.78, 5) is 24.1. The van der Waals surface area contributed by atoms with Crippen molar-refractivity contribution in [2.24, 2.45) is 0 Å². The zero-order chi connectivity index (χ0) is 28.9. The van der Waals surface area contributed by atoms with Gasteiger partial charge in [0.1, 0.15) is 22.8 Å². The number of aromatic nitrogens is 4. The van der Waals surface area contributed by atoms with Crippen LogP contribution >= 0.6 is 11.6 Å². The highest BCUT2D eigenvalue weighted by molar-refractivity contribution is 6.29. The van der Waals surface area contributed by atoms with Crippen LogP contribution in [0.3, 0.4) is 0 Å². The van der Waals surface area contributed by atoms with Crippen molar-refractivity contribution in [3.63, 3.8) is 0 Å². The highest BCUT2D eigenvalue weighted by Gasteiger charge is 2.37. The predicted octanol–water partition coefficient (Wildman–Crippen LogP) is 6.57. The Balaban J connectivity index is 1.45. The van der Waals surface area contributed by atoms with Crippen molar-refractivity contribution in [1.82, 2.24) is 19.7 Å². The summed E-state index contributed by atoms with van der Waals surface area (Å²) < 4.78 is 40.9. The number of ether oxygens (including phenoxy) is 2. The molecule has 2 aliphatic rings. The van der Waals surface area contributed by atoms with E-state index in [9.17, 15) is 4.79 Å². The maximum absolute atomic E-state index is 13.1. The van der Waals surface area contributed by atoms with Crippen molar-refractivity contribution in [1.29, 1.82) is 0 Å². The number of halogens is 1. The summed E-state index contributed by atoms with van der Waals surface area (Å²) in [6.07, 6.45) is 3.93. The molecule has 1 aliphatic heterocycles. The van der Waals surface area contributed by atoms with Gasteiger partial charge < -0.3 is 18.6 Å². The maximum atomic E-state index is 13.1. The first-order valence-electron chi connectivity index (χ1n) is 14.3. The summed E-state index contributed by atoms with van der Waals surface area (Å²) >= 11 is 6.03. The quantitative estimate of drug-likeness (QED) is 0.265. The number of anilines is 1. The number of imidazole rings is 1. The van der Waals surface area contributed by atoms with Crippen LogP contribution in [0.1, 0.15) is 65.6 Å². The van der Waals surface area contributed by atoms with Gasteiger partial charge in [0.2, 0.25) is 0 Å². The van der Waals surface area contributed by atoms with Crippen LogP contribution in [0.4, 0.5) is 10.5 Å². The molecule has 1 amide bonds. The van der Waals surface area contributed by atoms with E-state index in [4.69, 9.17) is 34.7 Å². The number of carbonyl (C=O) groups is 1. The molecule has 1 aliphatic carbocycles. The Morgan fingerprint density at radius 1 is 1.13 bits per heavy atom. The van der Waals surface area contributed by atoms with E-state index in [-0.39, 0.29) is 18.8 Å². The summed E-state index contributed by atoms with van der Waals surface area (Å²) in [5.74, 6) is 1.47. The summed E-state index contributed by atoms with van der Waals surface area (Å²) in [6, 6.07) is 9.13. The third-order valence-electron chi connectivity index (χ3n) is 7.63. The Morgan fingerprint density at radius 2 is 1.97 bits per heavy atom. The number of hydrogen-bond acceptors (Lipinski definition) is 7. The summed E-state index contributed by atoms with van der Waals surface area (Å²) in [7, 11) is -2.42. The minimum absolute atomic E-state index is 0.0412. The van der Waals surface area contributed by atoms with Gasteiger partial charge in [-0.2, -0.15) is 0 Å². The molecule has 0 spiro atoms. The van der Waals surface area contributed by atoms with Gasteiger partial charge in [0.25, 0.3) is 0 Å². The van der Waals surface area contributed by atoms with Gasteiger partial charge in [-0.25, -0.2) is 14.8 Å². The largest absolute Gasteiger partial charge is 0.449 e. The number of amides is 1. The third-order valence-corrected chi connectivity index (χ3v) is 7.85. The van der Waals surface area contributed by atoms with Gasteiger partial charge in [0.05, 0.1) is 45.4 Å². The second kappa shape index (κ2) is 10.0. The molecule has 2 fully saturated rings. The van der Waals surface area contributed by atoms with E-state index in [1.165, 1.54) is 0 Å². The molecule has 0 radical (unpaired) electrons.